The number of methoxy groups -OCH3 is 1. The van der Waals surface area contributed by atoms with E-state index in [1.165, 1.54) is 0 Å². The fourth-order valence-corrected chi connectivity index (χ4v) is 3.11. The summed E-state index contributed by atoms with van der Waals surface area (Å²) in [5.74, 6) is 0.743. The van der Waals surface area contributed by atoms with E-state index in [2.05, 4.69) is 6.92 Å². The molecule has 0 bridgehead atoms. The number of hydrogen-bond acceptors (Lipinski definition) is 4. The highest BCUT2D eigenvalue weighted by Crippen LogP contribution is 2.36. The molecule has 0 aliphatic rings. The smallest absolute Gasteiger partial charge is 0.130 e. The maximum absolute atomic E-state index is 5.98. The quantitative estimate of drug-likeness (QED) is 0.911. The largest absolute Gasteiger partial charge is 0.496 e. The molecule has 102 valence electrons. The fraction of sp³-hybridized carbons (Fsp3) is 0.357. The lowest BCUT2D eigenvalue weighted by Crippen LogP contribution is -1.97. The highest BCUT2D eigenvalue weighted by molar-refractivity contribution is 7.15. The minimum absolute atomic E-state index is 0.531. The fourth-order valence-electron chi connectivity index (χ4n) is 1.93. The zero-order valence-corrected chi connectivity index (χ0v) is 12.6. The van der Waals surface area contributed by atoms with Gasteiger partial charge < -0.3 is 10.5 Å². The van der Waals surface area contributed by atoms with Crippen LogP contribution in [-0.4, -0.2) is 12.1 Å². The van der Waals surface area contributed by atoms with E-state index in [9.17, 15) is 0 Å². The van der Waals surface area contributed by atoms with Gasteiger partial charge in [0.1, 0.15) is 10.8 Å². The van der Waals surface area contributed by atoms with E-state index >= 15 is 0 Å². The molecule has 1 aromatic carbocycles. The van der Waals surface area contributed by atoms with Crippen molar-refractivity contribution in [3.63, 3.8) is 0 Å². The first-order valence-corrected chi connectivity index (χ1v) is 7.41. The minimum Gasteiger partial charge on any atom is -0.496 e. The monoisotopic (exact) mass is 296 g/mol. The second-order valence-electron chi connectivity index (χ2n) is 4.19. The Morgan fingerprint density at radius 3 is 2.84 bits per heavy atom. The van der Waals surface area contributed by atoms with E-state index in [0.29, 0.717) is 11.6 Å². The Bertz CT molecular complexity index is 569. The predicted octanol–water partition coefficient (Wildman–Crippen LogP) is 3.88. The van der Waals surface area contributed by atoms with E-state index in [1.807, 2.05) is 12.1 Å². The van der Waals surface area contributed by atoms with Gasteiger partial charge in [-0.2, -0.15) is 0 Å². The standard InChI is InChI=1S/C14H17ClN2OS/c1-3-4-11-13(8-16)19-14(17-11)10-6-5-9(15)7-12(10)18-2/h5-7H,3-4,8,16H2,1-2H3. The molecule has 0 fully saturated rings. The Morgan fingerprint density at radius 1 is 1.42 bits per heavy atom. The molecule has 1 heterocycles. The lowest BCUT2D eigenvalue weighted by atomic mass is 10.2. The third-order valence-electron chi connectivity index (χ3n) is 2.84. The van der Waals surface area contributed by atoms with Gasteiger partial charge in [0.15, 0.2) is 0 Å². The number of halogens is 1. The number of rotatable bonds is 5. The van der Waals surface area contributed by atoms with Crippen LogP contribution in [0.1, 0.15) is 23.9 Å². The van der Waals surface area contributed by atoms with Crippen LogP contribution in [0.15, 0.2) is 18.2 Å². The summed E-state index contributed by atoms with van der Waals surface area (Å²) in [6, 6.07) is 5.60. The molecule has 0 atom stereocenters. The zero-order chi connectivity index (χ0) is 13.8. The number of thiazole rings is 1. The summed E-state index contributed by atoms with van der Waals surface area (Å²) in [6.07, 6.45) is 2.02. The van der Waals surface area contributed by atoms with Crippen molar-refractivity contribution in [2.24, 2.45) is 5.73 Å². The van der Waals surface area contributed by atoms with E-state index < -0.39 is 0 Å². The van der Waals surface area contributed by atoms with Crippen LogP contribution < -0.4 is 10.5 Å². The van der Waals surface area contributed by atoms with Crippen LogP contribution in [0.4, 0.5) is 0 Å². The first-order valence-electron chi connectivity index (χ1n) is 6.22. The van der Waals surface area contributed by atoms with Crippen LogP contribution in [-0.2, 0) is 13.0 Å². The van der Waals surface area contributed by atoms with Crippen molar-refractivity contribution in [2.45, 2.75) is 26.3 Å². The van der Waals surface area contributed by atoms with Crippen molar-refractivity contribution in [1.82, 2.24) is 4.98 Å². The van der Waals surface area contributed by atoms with Crippen molar-refractivity contribution in [1.29, 1.82) is 0 Å². The lowest BCUT2D eigenvalue weighted by Gasteiger charge is -2.05. The molecule has 0 spiro atoms. The van der Waals surface area contributed by atoms with Crippen LogP contribution in [0.3, 0.4) is 0 Å². The van der Waals surface area contributed by atoms with Crippen LogP contribution in [0, 0.1) is 0 Å². The molecule has 0 radical (unpaired) electrons. The van der Waals surface area contributed by atoms with Gasteiger partial charge in [0.25, 0.3) is 0 Å². The van der Waals surface area contributed by atoms with Crippen molar-refractivity contribution in [2.75, 3.05) is 7.11 Å². The van der Waals surface area contributed by atoms with Gasteiger partial charge in [-0.25, -0.2) is 4.98 Å². The Hall–Kier alpha value is -1.10. The van der Waals surface area contributed by atoms with E-state index in [-0.39, 0.29) is 0 Å². The van der Waals surface area contributed by atoms with Gasteiger partial charge in [0, 0.05) is 16.4 Å². The number of aryl methyl sites for hydroxylation is 1. The molecule has 1 aromatic heterocycles. The number of nitrogens with two attached hydrogens (primary N) is 1. The van der Waals surface area contributed by atoms with Gasteiger partial charge in [-0.15, -0.1) is 11.3 Å². The minimum atomic E-state index is 0.531. The van der Waals surface area contributed by atoms with Gasteiger partial charge in [0.05, 0.1) is 18.4 Å². The van der Waals surface area contributed by atoms with Gasteiger partial charge in [-0.3, -0.25) is 0 Å². The van der Waals surface area contributed by atoms with Gasteiger partial charge in [0.2, 0.25) is 0 Å². The second-order valence-corrected chi connectivity index (χ2v) is 5.71. The van der Waals surface area contributed by atoms with Crippen LogP contribution in [0.25, 0.3) is 10.6 Å². The third kappa shape index (κ3) is 3.08. The molecule has 2 N–H and O–H groups in total. The van der Waals surface area contributed by atoms with Crippen LogP contribution in [0.5, 0.6) is 5.75 Å². The highest BCUT2D eigenvalue weighted by Gasteiger charge is 2.14. The van der Waals surface area contributed by atoms with Gasteiger partial charge in [-0.1, -0.05) is 24.9 Å². The second kappa shape index (κ2) is 6.37. The summed E-state index contributed by atoms with van der Waals surface area (Å²) in [6.45, 7) is 2.67. The third-order valence-corrected chi connectivity index (χ3v) is 4.23. The lowest BCUT2D eigenvalue weighted by molar-refractivity contribution is 0.416. The Labute approximate surface area is 122 Å². The molecule has 0 aliphatic carbocycles. The highest BCUT2D eigenvalue weighted by atomic mass is 35.5. The molecular formula is C14H17ClN2OS. The number of ether oxygens (including phenoxy) is 1. The molecular weight excluding hydrogens is 280 g/mol. The van der Waals surface area contributed by atoms with Gasteiger partial charge >= 0.3 is 0 Å². The Morgan fingerprint density at radius 2 is 2.21 bits per heavy atom. The molecule has 2 rings (SSSR count). The van der Waals surface area contributed by atoms with E-state index in [0.717, 1.165) is 39.7 Å². The summed E-state index contributed by atoms with van der Waals surface area (Å²) in [5, 5.41) is 1.60. The topological polar surface area (TPSA) is 48.1 Å². The number of nitrogens with zero attached hydrogens (tertiary/aromatic N) is 1. The molecule has 0 saturated carbocycles. The van der Waals surface area contributed by atoms with Crippen LogP contribution in [0.2, 0.25) is 5.02 Å². The molecule has 2 aromatic rings. The number of aromatic nitrogens is 1. The molecule has 0 unspecified atom stereocenters. The van der Waals surface area contributed by atoms with E-state index in [4.69, 9.17) is 27.1 Å². The average molecular weight is 297 g/mol. The first-order chi connectivity index (χ1) is 9.19. The van der Waals surface area contributed by atoms with Crippen molar-refractivity contribution < 1.29 is 4.74 Å². The van der Waals surface area contributed by atoms with Crippen LogP contribution >= 0.6 is 22.9 Å². The summed E-state index contributed by atoms with van der Waals surface area (Å²) in [5.41, 5.74) is 7.85. The van der Waals surface area contributed by atoms with Crippen molar-refractivity contribution in [3.8, 4) is 16.3 Å². The van der Waals surface area contributed by atoms with Gasteiger partial charge in [-0.05, 0) is 24.6 Å². The summed E-state index contributed by atoms with van der Waals surface area (Å²) < 4.78 is 5.37. The molecule has 0 aliphatic heterocycles. The zero-order valence-electron chi connectivity index (χ0n) is 11.1. The number of benzene rings is 1. The maximum atomic E-state index is 5.98. The van der Waals surface area contributed by atoms with Crippen molar-refractivity contribution >= 4 is 22.9 Å². The molecule has 3 nitrogen and oxygen atoms in total. The molecule has 5 heteroatoms. The Balaban J connectivity index is 2.46. The summed E-state index contributed by atoms with van der Waals surface area (Å²) in [4.78, 5) is 5.84. The molecule has 0 amide bonds. The average Bonchev–Trinajstić information content (AvgIpc) is 2.82. The molecule has 19 heavy (non-hydrogen) atoms. The maximum Gasteiger partial charge on any atom is 0.130 e. The SMILES string of the molecule is CCCc1nc(-c2ccc(Cl)cc2OC)sc1CN. The predicted molar refractivity (Wildman–Crippen MR) is 81.0 cm³/mol. The van der Waals surface area contributed by atoms with Crippen molar-refractivity contribution in [3.05, 3.63) is 33.8 Å². The Kier molecular flexibility index (Phi) is 4.80. The summed E-state index contributed by atoms with van der Waals surface area (Å²) in [7, 11) is 1.64. The first kappa shape index (κ1) is 14.3. The molecule has 0 saturated heterocycles. The number of hydrogen-bond donors (Lipinski definition) is 1. The normalized spacial score (nSPS) is 10.7. The summed E-state index contributed by atoms with van der Waals surface area (Å²) >= 11 is 7.61. The van der Waals surface area contributed by atoms with E-state index in [1.54, 1.807) is 24.5 Å².